The first-order valence-corrected chi connectivity index (χ1v) is 5.07. The first-order chi connectivity index (χ1) is 7.18. The summed E-state index contributed by atoms with van der Waals surface area (Å²) in [7, 11) is 0. The molecule has 0 atom stereocenters. The number of anilines is 1. The van der Waals surface area contributed by atoms with Crippen molar-refractivity contribution in [1.82, 2.24) is 9.97 Å². The zero-order chi connectivity index (χ0) is 11.1. The molecule has 1 rings (SSSR count). The van der Waals surface area contributed by atoms with Gasteiger partial charge >= 0.3 is 0 Å². The molecule has 0 saturated carbocycles. The maximum Gasteiger partial charge on any atom is 0.224 e. The number of nitrogens with one attached hydrogen (secondary N) is 1. The predicted octanol–water partition coefficient (Wildman–Crippen LogP) is 1.20. The fraction of sp³-hybridized carbons (Fsp3) is 0.444. The lowest BCUT2D eigenvalue weighted by molar-refractivity contribution is -0.118. The van der Waals surface area contributed by atoms with Crippen molar-refractivity contribution in [3.8, 4) is 0 Å². The first kappa shape index (κ1) is 11.7. The van der Waals surface area contributed by atoms with Crippen molar-refractivity contribution in [3.63, 3.8) is 0 Å². The summed E-state index contributed by atoms with van der Waals surface area (Å²) in [5.74, 6) is 0.425. The summed E-state index contributed by atoms with van der Waals surface area (Å²) >= 11 is 5.60. The van der Waals surface area contributed by atoms with Gasteiger partial charge in [-0.05, 0) is 30.5 Å². The molecule has 82 valence electrons. The van der Waals surface area contributed by atoms with Gasteiger partial charge in [0.25, 0.3) is 0 Å². The molecular weight excluding hydrogens is 216 g/mol. The van der Waals surface area contributed by atoms with Gasteiger partial charge in [0.15, 0.2) is 0 Å². The number of nitrogens with two attached hydrogens (primary N) is 1. The van der Waals surface area contributed by atoms with Crippen LogP contribution < -0.4 is 11.1 Å². The molecule has 5 nitrogen and oxygen atoms in total. The number of aromatic nitrogens is 2. The van der Waals surface area contributed by atoms with Gasteiger partial charge in [0.1, 0.15) is 5.82 Å². The highest BCUT2D eigenvalue weighted by Gasteiger charge is 1.96. The highest BCUT2D eigenvalue weighted by atomic mass is 35.5. The van der Waals surface area contributed by atoms with E-state index >= 15 is 0 Å². The summed E-state index contributed by atoms with van der Waals surface area (Å²) in [6.45, 7) is 0.737. The molecule has 3 N–H and O–H groups in total. The third-order valence-electron chi connectivity index (χ3n) is 1.78. The van der Waals surface area contributed by atoms with Crippen molar-refractivity contribution in [2.45, 2.75) is 19.3 Å². The lowest BCUT2D eigenvalue weighted by Gasteiger charge is -2.04. The van der Waals surface area contributed by atoms with Gasteiger partial charge in [-0.1, -0.05) is 0 Å². The normalized spacial score (nSPS) is 9.93. The Labute approximate surface area is 93.0 Å². The highest BCUT2D eigenvalue weighted by molar-refractivity contribution is 6.28. The number of unbranched alkanes of at least 4 members (excludes halogenated alkanes) is 1. The number of rotatable bonds is 6. The zero-order valence-electron chi connectivity index (χ0n) is 8.24. The van der Waals surface area contributed by atoms with Crippen molar-refractivity contribution in [1.29, 1.82) is 0 Å². The summed E-state index contributed by atoms with van der Waals surface area (Å²) in [5.41, 5.74) is 5.01. The number of amides is 1. The quantitative estimate of drug-likeness (QED) is 0.566. The Kier molecular flexibility index (Phi) is 4.83. The Balaban J connectivity index is 2.17. The second-order valence-corrected chi connectivity index (χ2v) is 3.40. The predicted molar refractivity (Wildman–Crippen MR) is 58.6 cm³/mol. The molecule has 0 aliphatic rings. The molecule has 1 heterocycles. The van der Waals surface area contributed by atoms with Crippen LogP contribution in [-0.4, -0.2) is 22.4 Å². The van der Waals surface area contributed by atoms with Gasteiger partial charge in [0, 0.05) is 19.2 Å². The van der Waals surface area contributed by atoms with E-state index in [4.69, 9.17) is 17.3 Å². The van der Waals surface area contributed by atoms with Crippen LogP contribution in [0, 0.1) is 0 Å². The average molecular weight is 229 g/mol. The zero-order valence-corrected chi connectivity index (χ0v) is 9.00. The van der Waals surface area contributed by atoms with Gasteiger partial charge in [-0.15, -0.1) is 0 Å². The molecule has 0 aliphatic carbocycles. The Hall–Kier alpha value is -1.36. The molecule has 0 unspecified atom stereocenters. The lowest BCUT2D eigenvalue weighted by Crippen LogP contribution is -2.11. The van der Waals surface area contributed by atoms with E-state index in [1.165, 1.54) is 0 Å². The SMILES string of the molecule is NC(=O)CCCCNc1ccnc(Cl)n1. The fourth-order valence-corrected chi connectivity index (χ4v) is 1.22. The Morgan fingerprint density at radius 3 is 3.00 bits per heavy atom. The van der Waals surface area contributed by atoms with Crippen LogP contribution in [0.2, 0.25) is 5.28 Å². The van der Waals surface area contributed by atoms with Gasteiger partial charge in [-0.2, -0.15) is 0 Å². The van der Waals surface area contributed by atoms with Crippen molar-refractivity contribution in [3.05, 3.63) is 17.5 Å². The minimum Gasteiger partial charge on any atom is -0.370 e. The van der Waals surface area contributed by atoms with E-state index in [0.29, 0.717) is 12.2 Å². The number of nitrogens with zero attached hydrogens (tertiary/aromatic N) is 2. The Morgan fingerprint density at radius 1 is 1.53 bits per heavy atom. The summed E-state index contributed by atoms with van der Waals surface area (Å²) in [5, 5.41) is 3.29. The largest absolute Gasteiger partial charge is 0.370 e. The van der Waals surface area contributed by atoms with Gasteiger partial charge in [-0.3, -0.25) is 4.79 Å². The maximum atomic E-state index is 10.4. The van der Waals surface area contributed by atoms with E-state index in [1.807, 2.05) is 0 Å². The minimum absolute atomic E-state index is 0.220. The summed E-state index contributed by atoms with van der Waals surface area (Å²) in [6, 6.07) is 1.74. The van der Waals surface area contributed by atoms with Crippen molar-refractivity contribution >= 4 is 23.3 Å². The molecule has 1 amide bonds. The molecule has 0 saturated heterocycles. The van der Waals surface area contributed by atoms with Crippen LogP contribution >= 0.6 is 11.6 Å². The van der Waals surface area contributed by atoms with E-state index in [2.05, 4.69) is 15.3 Å². The van der Waals surface area contributed by atoms with Crippen LogP contribution in [0.5, 0.6) is 0 Å². The lowest BCUT2D eigenvalue weighted by atomic mass is 10.2. The third-order valence-corrected chi connectivity index (χ3v) is 1.96. The van der Waals surface area contributed by atoms with Crippen LogP contribution in [0.4, 0.5) is 5.82 Å². The molecule has 0 aromatic carbocycles. The van der Waals surface area contributed by atoms with Crippen molar-refractivity contribution in [2.75, 3.05) is 11.9 Å². The summed E-state index contributed by atoms with van der Waals surface area (Å²) in [4.78, 5) is 18.2. The van der Waals surface area contributed by atoms with Gasteiger partial charge in [0.2, 0.25) is 11.2 Å². The number of halogens is 1. The molecule has 0 fully saturated rings. The van der Waals surface area contributed by atoms with Crippen LogP contribution in [0.1, 0.15) is 19.3 Å². The molecule has 15 heavy (non-hydrogen) atoms. The van der Waals surface area contributed by atoms with Gasteiger partial charge in [0.05, 0.1) is 0 Å². The van der Waals surface area contributed by atoms with E-state index in [0.717, 1.165) is 19.4 Å². The Morgan fingerprint density at radius 2 is 2.33 bits per heavy atom. The van der Waals surface area contributed by atoms with E-state index in [-0.39, 0.29) is 11.2 Å². The van der Waals surface area contributed by atoms with Crippen LogP contribution in [-0.2, 0) is 4.79 Å². The molecule has 1 aromatic rings. The molecular formula is C9H13ClN4O. The molecule has 0 aliphatic heterocycles. The molecule has 0 bridgehead atoms. The summed E-state index contributed by atoms with van der Waals surface area (Å²) < 4.78 is 0. The molecule has 0 radical (unpaired) electrons. The molecule has 1 aromatic heterocycles. The standard InChI is InChI=1S/C9H13ClN4O/c10-9-13-6-4-8(14-9)12-5-2-1-3-7(11)15/h4,6H,1-3,5H2,(H2,11,15)(H,12,13,14). The fourth-order valence-electron chi connectivity index (χ4n) is 1.07. The maximum absolute atomic E-state index is 10.4. The number of hydrogen-bond acceptors (Lipinski definition) is 4. The summed E-state index contributed by atoms with van der Waals surface area (Å²) in [6.07, 6.45) is 3.65. The topological polar surface area (TPSA) is 80.9 Å². The average Bonchev–Trinajstić information content (AvgIpc) is 2.17. The van der Waals surface area contributed by atoms with E-state index < -0.39 is 0 Å². The van der Waals surface area contributed by atoms with Crippen LogP contribution in [0.15, 0.2) is 12.3 Å². The van der Waals surface area contributed by atoms with Gasteiger partial charge in [-0.25, -0.2) is 9.97 Å². The highest BCUT2D eigenvalue weighted by Crippen LogP contribution is 2.06. The smallest absolute Gasteiger partial charge is 0.224 e. The van der Waals surface area contributed by atoms with Crippen molar-refractivity contribution < 1.29 is 4.79 Å². The number of carbonyl (C=O) groups is 1. The van der Waals surface area contributed by atoms with Crippen molar-refractivity contribution in [2.24, 2.45) is 5.73 Å². The molecule has 6 heteroatoms. The molecule has 0 spiro atoms. The monoisotopic (exact) mass is 228 g/mol. The first-order valence-electron chi connectivity index (χ1n) is 4.69. The second kappa shape index (κ2) is 6.19. The van der Waals surface area contributed by atoms with Crippen LogP contribution in [0.25, 0.3) is 0 Å². The number of primary amides is 1. The second-order valence-electron chi connectivity index (χ2n) is 3.06. The minimum atomic E-state index is -0.264. The third kappa shape index (κ3) is 5.17. The Bertz CT molecular complexity index is 332. The number of hydrogen-bond donors (Lipinski definition) is 2. The van der Waals surface area contributed by atoms with E-state index in [1.54, 1.807) is 12.3 Å². The number of carbonyl (C=O) groups excluding carboxylic acids is 1. The van der Waals surface area contributed by atoms with E-state index in [9.17, 15) is 4.79 Å². The van der Waals surface area contributed by atoms with Crippen LogP contribution in [0.3, 0.4) is 0 Å². The van der Waals surface area contributed by atoms with Gasteiger partial charge < -0.3 is 11.1 Å².